The van der Waals surface area contributed by atoms with E-state index in [1.807, 2.05) is 24.3 Å². The van der Waals surface area contributed by atoms with Gasteiger partial charge in [0, 0.05) is 18.4 Å². The highest BCUT2D eigenvalue weighted by atomic mass is 16.5. The second-order valence-electron chi connectivity index (χ2n) is 7.21. The third-order valence-corrected chi connectivity index (χ3v) is 4.44. The summed E-state index contributed by atoms with van der Waals surface area (Å²) in [7, 11) is 0. The Morgan fingerprint density at radius 2 is 1.96 bits per heavy atom. The average molecular weight is 323 g/mol. The van der Waals surface area contributed by atoms with Gasteiger partial charge in [-0.2, -0.15) is 0 Å². The lowest BCUT2D eigenvalue weighted by Gasteiger charge is -2.38. The third kappa shape index (κ3) is 3.97. The van der Waals surface area contributed by atoms with Gasteiger partial charge >= 0.3 is 0 Å². The molecule has 0 unspecified atom stereocenters. The van der Waals surface area contributed by atoms with Crippen molar-refractivity contribution in [2.75, 3.05) is 0 Å². The number of ether oxygens (including phenoxy) is 1. The van der Waals surface area contributed by atoms with Crippen molar-refractivity contribution in [2.24, 2.45) is 0 Å². The van der Waals surface area contributed by atoms with Crippen LogP contribution in [0.2, 0.25) is 0 Å². The quantitative estimate of drug-likeness (QED) is 0.908. The van der Waals surface area contributed by atoms with Crippen molar-refractivity contribution in [1.82, 2.24) is 5.32 Å². The SMILES string of the molecule is Cc1ccc2c(c1)[C@@H](NC(=O)CCc1ccccc1)CC(C)(C)O2. The van der Waals surface area contributed by atoms with Crippen LogP contribution in [0.4, 0.5) is 0 Å². The maximum absolute atomic E-state index is 12.4. The standard InChI is InChI=1S/C21H25NO2/c1-15-9-11-19-17(13-15)18(14-21(2,3)24-19)22-20(23)12-10-16-7-5-4-6-8-16/h4-9,11,13,18H,10,12,14H2,1-3H3,(H,22,23)/t18-/m0/s1. The molecule has 1 N–H and O–H groups in total. The molecule has 0 spiro atoms. The topological polar surface area (TPSA) is 38.3 Å². The monoisotopic (exact) mass is 323 g/mol. The molecule has 0 aromatic heterocycles. The van der Waals surface area contributed by atoms with Crippen molar-refractivity contribution >= 4 is 5.91 Å². The molecule has 24 heavy (non-hydrogen) atoms. The smallest absolute Gasteiger partial charge is 0.220 e. The highest BCUT2D eigenvalue weighted by Gasteiger charge is 2.34. The Balaban J connectivity index is 1.70. The molecule has 2 aromatic carbocycles. The lowest BCUT2D eigenvalue weighted by atomic mass is 9.89. The molecule has 0 radical (unpaired) electrons. The Labute approximate surface area is 144 Å². The van der Waals surface area contributed by atoms with Crippen LogP contribution >= 0.6 is 0 Å². The number of benzene rings is 2. The van der Waals surface area contributed by atoms with Crippen molar-refractivity contribution in [3.05, 3.63) is 65.2 Å². The molecule has 3 nitrogen and oxygen atoms in total. The maximum Gasteiger partial charge on any atom is 0.220 e. The van der Waals surface area contributed by atoms with Crippen molar-refractivity contribution in [3.8, 4) is 5.75 Å². The first kappa shape index (κ1) is 16.6. The van der Waals surface area contributed by atoms with Crippen molar-refractivity contribution in [2.45, 2.75) is 51.7 Å². The van der Waals surface area contributed by atoms with Crippen molar-refractivity contribution in [1.29, 1.82) is 0 Å². The fraction of sp³-hybridized carbons (Fsp3) is 0.381. The van der Waals surface area contributed by atoms with Gasteiger partial charge in [-0.25, -0.2) is 0 Å². The molecular weight excluding hydrogens is 298 g/mol. The number of amides is 1. The summed E-state index contributed by atoms with van der Waals surface area (Å²) in [5.41, 5.74) is 3.18. The molecule has 0 fully saturated rings. The summed E-state index contributed by atoms with van der Waals surface area (Å²) in [6.45, 7) is 6.20. The van der Waals surface area contributed by atoms with Gasteiger partial charge < -0.3 is 10.1 Å². The molecule has 126 valence electrons. The van der Waals surface area contributed by atoms with E-state index in [-0.39, 0.29) is 17.6 Å². The molecule has 1 heterocycles. The number of aryl methyl sites for hydroxylation is 2. The molecule has 3 heteroatoms. The number of carbonyl (C=O) groups is 1. The van der Waals surface area contributed by atoms with Crippen LogP contribution in [0.25, 0.3) is 0 Å². The molecule has 0 saturated carbocycles. The van der Waals surface area contributed by atoms with Crippen LogP contribution in [0.3, 0.4) is 0 Å². The molecule has 0 aliphatic carbocycles. The molecule has 1 aliphatic heterocycles. The summed E-state index contributed by atoms with van der Waals surface area (Å²) in [5.74, 6) is 0.971. The van der Waals surface area contributed by atoms with E-state index in [0.29, 0.717) is 6.42 Å². The van der Waals surface area contributed by atoms with Crippen LogP contribution in [0.1, 0.15) is 49.4 Å². The highest BCUT2D eigenvalue weighted by Crippen LogP contribution is 2.39. The average Bonchev–Trinajstić information content (AvgIpc) is 2.54. The summed E-state index contributed by atoms with van der Waals surface area (Å²) in [6.07, 6.45) is 2.05. The third-order valence-electron chi connectivity index (χ3n) is 4.44. The van der Waals surface area contributed by atoms with Gasteiger partial charge in [0.05, 0.1) is 6.04 Å². The fourth-order valence-electron chi connectivity index (χ4n) is 3.27. The Hall–Kier alpha value is -2.29. The van der Waals surface area contributed by atoms with Gasteiger partial charge in [0.2, 0.25) is 5.91 Å². The first-order valence-corrected chi connectivity index (χ1v) is 8.56. The molecule has 3 rings (SSSR count). The van der Waals surface area contributed by atoms with E-state index in [9.17, 15) is 4.79 Å². The van der Waals surface area contributed by atoms with E-state index in [0.717, 1.165) is 24.2 Å². The number of nitrogens with one attached hydrogen (secondary N) is 1. The maximum atomic E-state index is 12.4. The normalized spacial score (nSPS) is 18.4. The zero-order valence-electron chi connectivity index (χ0n) is 14.6. The van der Waals surface area contributed by atoms with Gasteiger partial charge in [-0.05, 0) is 38.8 Å². The van der Waals surface area contributed by atoms with E-state index in [1.54, 1.807) is 0 Å². The lowest BCUT2D eigenvalue weighted by Crippen LogP contribution is -2.41. The number of hydrogen-bond donors (Lipinski definition) is 1. The Bertz CT molecular complexity index is 722. The minimum Gasteiger partial charge on any atom is -0.487 e. The Kier molecular flexibility index (Phi) is 4.61. The highest BCUT2D eigenvalue weighted by molar-refractivity contribution is 5.77. The zero-order chi connectivity index (χ0) is 17.2. The van der Waals surface area contributed by atoms with Crippen LogP contribution in [0.15, 0.2) is 48.5 Å². The summed E-state index contributed by atoms with van der Waals surface area (Å²) >= 11 is 0. The first-order chi connectivity index (χ1) is 11.4. The molecule has 1 aliphatic rings. The van der Waals surface area contributed by atoms with Crippen LogP contribution < -0.4 is 10.1 Å². The minimum absolute atomic E-state index is 0.00641. The second-order valence-corrected chi connectivity index (χ2v) is 7.21. The summed E-state index contributed by atoms with van der Waals surface area (Å²) in [5, 5.41) is 3.21. The van der Waals surface area contributed by atoms with Crippen LogP contribution in [0.5, 0.6) is 5.75 Å². The van der Waals surface area contributed by atoms with Crippen molar-refractivity contribution < 1.29 is 9.53 Å². The van der Waals surface area contributed by atoms with Gasteiger partial charge in [0.15, 0.2) is 0 Å². The number of hydrogen-bond acceptors (Lipinski definition) is 2. The molecule has 0 bridgehead atoms. The molecule has 1 atom stereocenters. The Morgan fingerprint density at radius 3 is 2.71 bits per heavy atom. The van der Waals surface area contributed by atoms with Crippen LogP contribution in [0, 0.1) is 6.92 Å². The van der Waals surface area contributed by atoms with Crippen LogP contribution in [-0.2, 0) is 11.2 Å². The second kappa shape index (κ2) is 6.68. The molecular formula is C21H25NO2. The van der Waals surface area contributed by atoms with E-state index in [1.165, 1.54) is 11.1 Å². The van der Waals surface area contributed by atoms with Gasteiger partial charge in [-0.1, -0.05) is 48.0 Å². The number of carbonyl (C=O) groups excluding carboxylic acids is 1. The van der Waals surface area contributed by atoms with Gasteiger partial charge in [0.25, 0.3) is 0 Å². The number of fused-ring (bicyclic) bond motifs is 1. The first-order valence-electron chi connectivity index (χ1n) is 8.56. The Morgan fingerprint density at radius 1 is 1.21 bits per heavy atom. The largest absolute Gasteiger partial charge is 0.487 e. The number of rotatable bonds is 4. The van der Waals surface area contributed by atoms with E-state index < -0.39 is 0 Å². The lowest BCUT2D eigenvalue weighted by molar-refractivity contribution is -0.122. The predicted molar refractivity (Wildman–Crippen MR) is 96.1 cm³/mol. The van der Waals surface area contributed by atoms with E-state index in [2.05, 4.69) is 50.4 Å². The fourth-order valence-corrected chi connectivity index (χ4v) is 3.27. The van der Waals surface area contributed by atoms with Gasteiger partial charge in [-0.15, -0.1) is 0 Å². The summed E-state index contributed by atoms with van der Waals surface area (Å²) in [4.78, 5) is 12.4. The van der Waals surface area contributed by atoms with Crippen LogP contribution in [-0.4, -0.2) is 11.5 Å². The summed E-state index contributed by atoms with van der Waals surface area (Å²) < 4.78 is 6.06. The molecule has 2 aromatic rings. The van der Waals surface area contributed by atoms with Crippen molar-refractivity contribution in [3.63, 3.8) is 0 Å². The minimum atomic E-state index is -0.278. The van der Waals surface area contributed by atoms with E-state index in [4.69, 9.17) is 4.74 Å². The zero-order valence-corrected chi connectivity index (χ0v) is 14.6. The van der Waals surface area contributed by atoms with Gasteiger partial charge in [0.1, 0.15) is 11.4 Å². The molecule has 1 amide bonds. The summed E-state index contributed by atoms with van der Waals surface area (Å²) in [6, 6.07) is 16.3. The van der Waals surface area contributed by atoms with Gasteiger partial charge in [-0.3, -0.25) is 4.79 Å². The molecule has 0 saturated heterocycles. The predicted octanol–water partition coefficient (Wildman–Crippen LogP) is 4.35. The van der Waals surface area contributed by atoms with E-state index >= 15 is 0 Å².